The van der Waals surface area contributed by atoms with Gasteiger partial charge in [0, 0.05) is 18.3 Å². The van der Waals surface area contributed by atoms with Crippen LogP contribution in [-0.4, -0.2) is 24.0 Å². The summed E-state index contributed by atoms with van der Waals surface area (Å²) in [5.74, 6) is 0.0353. The van der Waals surface area contributed by atoms with E-state index in [0.717, 1.165) is 0 Å². The summed E-state index contributed by atoms with van der Waals surface area (Å²) in [5.41, 5.74) is 0.644. The Bertz CT molecular complexity index is 410. The molecule has 0 radical (unpaired) electrons. The van der Waals surface area contributed by atoms with Gasteiger partial charge in [-0.15, -0.1) is 8.78 Å². The molecule has 1 aliphatic rings. The highest BCUT2D eigenvalue weighted by molar-refractivity contribution is 5.55. The lowest BCUT2D eigenvalue weighted by Gasteiger charge is -2.08. The number of nitrogens with one attached hydrogen (secondary N) is 1. The molecule has 1 atom stereocenters. The molecule has 1 unspecified atom stereocenters. The monoisotopic (exact) mass is 245 g/mol. The molecular formula is C11H13F2NO3. The lowest BCUT2D eigenvalue weighted by Crippen LogP contribution is -2.25. The van der Waals surface area contributed by atoms with E-state index in [1.165, 1.54) is 12.1 Å². The SMILES string of the molecule is CC(O)CCNc1ccc2c(c1)OC(F)(F)O2. The fraction of sp³-hybridized carbons (Fsp3) is 0.455. The average molecular weight is 245 g/mol. The van der Waals surface area contributed by atoms with Gasteiger partial charge in [-0.2, -0.15) is 0 Å². The zero-order valence-electron chi connectivity index (χ0n) is 9.24. The Kier molecular flexibility index (Phi) is 3.06. The van der Waals surface area contributed by atoms with Crippen molar-refractivity contribution in [3.8, 4) is 11.5 Å². The van der Waals surface area contributed by atoms with Crippen LogP contribution < -0.4 is 14.8 Å². The van der Waals surface area contributed by atoms with Crippen LogP contribution in [0.5, 0.6) is 11.5 Å². The van der Waals surface area contributed by atoms with Gasteiger partial charge in [0.1, 0.15) is 0 Å². The molecule has 0 spiro atoms. The van der Waals surface area contributed by atoms with Crippen LogP contribution in [0.2, 0.25) is 0 Å². The standard InChI is InChI=1S/C11H13F2NO3/c1-7(15)4-5-14-8-2-3-9-10(6-8)17-11(12,13)16-9/h2-3,6-7,14-15H,4-5H2,1H3. The summed E-state index contributed by atoms with van der Waals surface area (Å²) in [6.07, 6.45) is -3.41. The van der Waals surface area contributed by atoms with Crippen molar-refractivity contribution in [2.75, 3.05) is 11.9 Å². The largest absolute Gasteiger partial charge is 0.586 e. The molecule has 0 bridgehead atoms. The summed E-state index contributed by atoms with van der Waals surface area (Å²) in [6.45, 7) is 2.23. The molecule has 1 heterocycles. The van der Waals surface area contributed by atoms with Crippen molar-refractivity contribution in [1.82, 2.24) is 0 Å². The van der Waals surface area contributed by atoms with Crippen molar-refractivity contribution in [3.63, 3.8) is 0 Å². The molecule has 17 heavy (non-hydrogen) atoms. The Morgan fingerprint density at radius 2 is 2.06 bits per heavy atom. The van der Waals surface area contributed by atoms with Crippen molar-refractivity contribution in [2.24, 2.45) is 0 Å². The number of hydrogen-bond donors (Lipinski definition) is 2. The number of aliphatic hydroxyl groups is 1. The number of hydrogen-bond acceptors (Lipinski definition) is 4. The van der Waals surface area contributed by atoms with Crippen LogP contribution >= 0.6 is 0 Å². The number of ether oxygens (including phenoxy) is 2. The minimum absolute atomic E-state index is 0.0112. The van der Waals surface area contributed by atoms with Crippen LogP contribution in [0, 0.1) is 0 Å². The third kappa shape index (κ3) is 2.97. The molecule has 0 amide bonds. The predicted octanol–water partition coefficient (Wildman–Crippen LogP) is 2.19. The number of halogens is 2. The first-order valence-electron chi connectivity index (χ1n) is 5.28. The summed E-state index contributed by atoms with van der Waals surface area (Å²) in [5, 5.41) is 12.1. The molecule has 0 fully saturated rings. The fourth-order valence-corrected chi connectivity index (χ4v) is 1.48. The van der Waals surface area contributed by atoms with Gasteiger partial charge in [0.25, 0.3) is 0 Å². The molecule has 2 rings (SSSR count). The highest BCUT2D eigenvalue weighted by Gasteiger charge is 2.43. The van der Waals surface area contributed by atoms with Crippen molar-refractivity contribution in [2.45, 2.75) is 25.7 Å². The molecule has 2 N–H and O–H groups in total. The molecule has 94 valence electrons. The summed E-state index contributed by atoms with van der Waals surface area (Å²) in [6, 6.07) is 4.48. The summed E-state index contributed by atoms with van der Waals surface area (Å²) < 4.78 is 34.0. The second kappa shape index (κ2) is 4.37. The number of benzene rings is 1. The van der Waals surface area contributed by atoms with Crippen molar-refractivity contribution in [1.29, 1.82) is 0 Å². The van der Waals surface area contributed by atoms with Crippen LogP contribution in [0.4, 0.5) is 14.5 Å². The molecule has 0 saturated heterocycles. The van der Waals surface area contributed by atoms with Gasteiger partial charge < -0.3 is 19.9 Å². The van der Waals surface area contributed by atoms with E-state index in [0.29, 0.717) is 18.7 Å². The molecule has 6 heteroatoms. The zero-order chi connectivity index (χ0) is 12.5. The first kappa shape index (κ1) is 11.9. The third-order valence-electron chi connectivity index (χ3n) is 2.29. The summed E-state index contributed by atoms with van der Waals surface area (Å²) >= 11 is 0. The number of anilines is 1. The Hall–Kier alpha value is -1.56. The van der Waals surface area contributed by atoms with Gasteiger partial charge in [-0.25, -0.2) is 0 Å². The van der Waals surface area contributed by atoms with Crippen LogP contribution in [0.3, 0.4) is 0 Å². The molecule has 1 aliphatic heterocycles. The molecule has 0 aliphatic carbocycles. The van der Waals surface area contributed by atoms with Crippen LogP contribution in [0.15, 0.2) is 18.2 Å². The van der Waals surface area contributed by atoms with E-state index in [1.54, 1.807) is 13.0 Å². The number of rotatable bonds is 4. The maximum Gasteiger partial charge on any atom is 0.586 e. The van der Waals surface area contributed by atoms with Gasteiger partial charge >= 0.3 is 6.29 Å². The summed E-state index contributed by atoms with van der Waals surface area (Å²) in [4.78, 5) is 0. The topological polar surface area (TPSA) is 50.7 Å². The molecule has 1 aromatic rings. The van der Waals surface area contributed by atoms with Gasteiger partial charge in [0.15, 0.2) is 11.5 Å². The van der Waals surface area contributed by atoms with Crippen molar-refractivity contribution >= 4 is 5.69 Å². The summed E-state index contributed by atoms with van der Waals surface area (Å²) in [7, 11) is 0. The number of fused-ring (bicyclic) bond motifs is 1. The number of alkyl halides is 2. The van der Waals surface area contributed by atoms with Gasteiger partial charge in [0.05, 0.1) is 6.10 Å². The first-order chi connectivity index (χ1) is 7.96. The van der Waals surface area contributed by atoms with E-state index in [4.69, 9.17) is 5.11 Å². The van der Waals surface area contributed by atoms with E-state index in [2.05, 4.69) is 14.8 Å². The molecular weight excluding hydrogens is 232 g/mol. The molecule has 0 aromatic heterocycles. The highest BCUT2D eigenvalue weighted by Crippen LogP contribution is 2.42. The van der Waals surface area contributed by atoms with Gasteiger partial charge in [0.2, 0.25) is 0 Å². The quantitative estimate of drug-likeness (QED) is 0.853. The minimum Gasteiger partial charge on any atom is -0.395 e. The normalized spacial score (nSPS) is 17.9. The number of aliphatic hydroxyl groups excluding tert-OH is 1. The van der Waals surface area contributed by atoms with Crippen LogP contribution in [-0.2, 0) is 0 Å². The predicted molar refractivity (Wildman–Crippen MR) is 57.4 cm³/mol. The first-order valence-corrected chi connectivity index (χ1v) is 5.28. The Labute approximate surface area is 97.2 Å². The van der Waals surface area contributed by atoms with Gasteiger partial charge in [-0.05, 0) is 25.5 Å². The Morgan fingerprint density at radius 3 is 2.76 bits per heavy atom. The van der Waals surface area contributed by atoms with E-state index < -0.39 is 12.4 Å². The van der Waals surface area contributed by atoms with Crippen molar-refractivity contribution < 1.29 is 23.4 Å². The second-order valence-corrected chi connectivity index (χ2v) is 3.89. The maximum atomic E-state index is 12.7. The molecule has 1 aromatic carbocycles. The van der Waals surface area contributed by atoms with Crippen LogP contribution in [0.1, 0.15) is 13.3 Å². The maximum absolute atomic E-state index is 12.7. The average Bonchev–Trinajstić information content (AvgIpc) is 2.50. The third-order valence-corrected chi connectivity index (χ3v) is 2.29. The zero-order valence-corrected chi connectivity index (χ0v) is 9.24. The minimum atomic E-state index is -3.58. The Balaban J connectivity index is 1.99. The lowest BCUT2D eigenvalue weighted by atomic mass is 10.2. The van der Waals surface area contributed by atoms with E-state index in [9.17, 15) is 8.78 Å². The fourth-order valence-electron chi connectivity index (χ4n) is 1.48. The Morgan fingerprint density at radius 1 is 1.35 bits per heavy atom. The smallest absolute Gasteiger partial charge is 0.395 e. The van der Waals surface area contributed by atoms with Gasteiger partial charge in [-0.1, -0.05) is 0 Å². The molecule has 0 saturated carbocycles. The van der Waals surface area contributed by atoms with Crippen LogP contribution in [0.25, 0.3) is 0 Å². The van der Waals surface area contributed by atoms with E-state index in [-0.39, 0.29) is 11.5 Å². The lowest BCUT2D eigenvalue weighted by molar-refractivity contribution is -0.286. The second-order valence-electron chi connectivity index (χ2n) is 3.89. The van der Waals surface area contributed by atoms with E-state index in [1.807, 2.05) is 0 Å². The van der Waals surface area contributed by atoms with Crippen molar-refractivity contribution in [3.05, 3.63) is 18.2 Å². The van der Waals surface area contributed by atoms with E-state index >= 15 is 0 Å². The highest BCUT2D eigenvalue weighted by atomic mass is 19.3. The van der Waals surface area contributed by atoms with Gasteiger partial charge in [-0.3, -0.25) is 0 Å². The molecule has 4 nitrogen and oxygen atoms in total.